The van der Waals surface area contributed by atoms with Gasteiger partial charge in [-0.1, -0.05) is 138 Å². The van der Waals surface area contributed by atoms with Gasteiger partial charge in [0.2, 0.25) is 5.91 Å². The minimum Gasteiger partial charge on any atom is -0.448 e. The summed E-state index contributed by atoms with van der Waals surface area (Å²) >= 11 is 6.80. The summed E-state index contributed by atoms with van der Waals surface area (Å²) in [5, 5.41) is 0.245. The first-order valence-electron chi connectivity index (χ1n) is 18.0. The minimum absolute atomic E-state index is 0.167. The van der Waals surface area contributed by atoms with E-state index in [1.807, 2.05) is 67.6 Å². The lowest BCUT2D eigenvalue weighted by Crippen LogP contribution is -2.51. The van der Waals surface area contributed by atoms with E-state index in [1.54, 1.807) is 66.7 Å². The Bertz CT molecular complexity index is 2210. The third-order valence-corrected chi connectivity index (χ3v) is 10.9. The number of aryl methyl sites for hydroxylation is 1. The van der Waals surface area contributed by atoms with Crippen molar-refractivity contribution in [3.8, 4) is 11.1 Å². The second-order valence-corrected chi connectivity index (χ2v) is 14.5. The van der Waals surface area contributed by atoms with Crippen LogP contribution in [0.4, 0.5) is 22.4 Å². The van der Waals surface area contributed by atoms with Crippen LogP contribution < -0.4 is 0 Å². The zero-order chi connectivity index (χ0) is 39.8. The van der Waals surface area contributed by atoms with Gasteiger partial charge >= 0.3 is 23.9 Å². The fraction of sp³-hybridized carbons (Fsp3) is 0.250. The van der Waals surface area contributed by atoms with Crippen LogP contribution in [0.3, 0.4) is 0 Å². The van der Waals surface area contributed by atoms with Gasteiger partial charge in [-0.25, -0.2) is 4.79 Å². The molecule has 1 aliphatic heterocycles. The highest BCUT2D eigenvalue weighted by Gasteiger charge is 2.64. The first kappa shape index (κ1) is 38.6. The maximum Gasteiger partial charge on any atom is 0.410 e. The van der Waals surface area contributed by atoms with Crippen molar-refractivity contribution in [3.05, 3.63) is 166 Å². The van der Waals surface area contributed by atoms with Gasteiger partial charge in [-0.15, -0.1) is 0 Å². The standard InChI is InChI=1S/C44H37ClF4N2O5/c1-28-20-22-30(23-21-28)44(29-12-4-3-5-13-29,36-18-10-11-19-37(36)45)56-39(52)24-38(40(53)51-26-42(46,47)43(48,49)27-51)50(2)41(54)55-25-35-33-16-8-6-14-31(33)32-15-7-9-17-34(32)35/h3-23,35,38H,24-27H2,1-2H3/t38-,44?/m0/s1. The molecule has 1 unspecified atom stereocenters. The van der Waals surface area contributed by atoms with E-state index in [-0.39, 0.29) is 22.4 Å². The van der Waals surface area contributed by atoms with E-state index in [9.17, 15) is 31.9 Å². The highest BCUT2D eigenvalue weighted by Crippen LogP contribution is 2.46. The molecule has 0 spiro atoms. The Labute approximate surface area is 326 Å². The molecule has 0 bridgehead atoms. The summed E-state index contributed by atoms with van der Waals surface area (Å²) in [7, 11) is 1.15. The molecule has 7 rings (SSSR count). The first-order valence-corrected chi connectivity index (χ1v) is 18.3. The van der Waals surface area contributed by atoms with Crippen LogP contribution in [0.15, 0.2) is 127 Å². The monoisotopic (exact) mass is 784 g/mol. The number of carbonyl (C=O) groups excluding carboxylic acids is 3. The van der Waals surface area contributed by atoms with E-state index < -0.39 is 61.0 Å². The van der Waals surface area contributed by atoms with E-state index in [4.69, 9.17) is 21.1 Å². The average molecular weight is 785 g/mol. The summed E-state index contributed by atoms with van der Waals surface area (Å²) in [6, 6.07) is 36.0. The van der Waals surface area contributed by atoms with Crippen molar-refractivity contribution in [1.82, 2.24) is 9.80 Å². The van der Waals surface area contributed by atoms with Gasteiger partial charge in [0.1, 0.15) is 12.6 Å². The first-order chi connectivity index (χ1) is 26.7. The molecule has 1 saturated heterocycles. The van der Waals surface area contributed by atoms with E-state index >= 15 is 0 Å². The number of hydrogen-bond donors (Lipinski definition) is 0. The van der Waals surface area contributed by atoms with Gasteiger partial charge in [0.15, 0.2) is 5.60 Å². The SMILES string of the molecule is Cc1ccc(C(OC(=O)C[C@@H](C(=O)N2CC(F)(F)C(F)(F)C2)N(C)C(=O)OCC2c3ccccc3-c3ccccc32)(c2ccccc2)c2ccccc2Cl)cc1. The third-order valence-electron chi connectivity index (χ3n) is 10.5. The number of amides is 2. The molecular weight excluding hydrogens is 748 g/mol. The number of fused-ring (bicyclic) bond motifs is 3. The van der Waals surface area contributed by atoms with Gasteiger partial charge < -0.3 is 14.4 Å². The molecule has 12 heteroatoms. The molecular formula is C44H37ClF4N2O5. The predicted octanol–water partition coefficient (Wildman–Crippen LogP) is 9.24. The predicted molar refractivity (Wildman–Crippen MR) is 203 cm³/mol. The van der Waals surface area contributed by atoms with Crippen LogP contribution in [0.5, 0.6) is 0 Å². The molecule has 0 N–H and O–H groups in total. The highest BCUT2D eigenvalue weighted by atomic mass is 35.5. The lowest BCUT2D eigenvalue weighted by Gasteiger charge is -2.37. The number of nitrogens with zero attached hydrogens (tertiary/aromatic N) is 2. The smallest absolute Gasteiger partial charge is 0.410 e. The maximum atomic E-state index is 14.5. The minimum atomic E-state index is -4.53. The molecule has 2 aliphatic rings. The number of alkyl halides is 4. The van der Waals surface area contributed by atoms with Crippen LogP contribution in [0.1, 0.15) is 45.7 Å². The molecule has 0 radical (unpaired) electrons. The summed E-state index contributed by atoms with van der Waals surface area (Å²) in [6.45, 7) is -1.50. The second-order valence-electron chi connectivity index (χ2n) is 14.1. The Morgan fingerprint density at radius 3 is 1.88 bits per heavy atom. The number of carbonyl (C=O) groups is 3. The van der Waals surface area contributed by atoms with Crippen LogP contribution in [-0.2, 0) is 24.7 Å². The molecule has 5 aromatic carbocycles. The number of hydrogen-bond acceptors (Lipinski definition) is 5. The molecule has 2 atom stereocenters. The summed E-state index contributed by atoms with van der Waals surface area (Å²) in [5.41, 5.74) is 4.31. The van der Waals surface area contributed by atoms with Crippen LogP contribution in [-0.4, -0.2) is 72.4 Å². The molecule has 288 valence electrons. The molecule has 1 aliphatic carbocycles. The average Bonchev–Trinajstić information content (AvgIpc) is 3.63. The van der Waals surface area contributed by atoms with Crippen molar-refractivity contribution in [2.75, 3.05) is 26.7 Å². The molecule has 2 amide bonds. The van der Waals surface area contributed by atoms with Gasteiger partial charge in [-0.05, 0) is 35.2 Å². The van der Waals surface area contributed by atoms with Gasteiger partial charge in [0.25, 0.3) is 0 Å². The Balaban J connectivity index is 1.22. The number of likely N-dealkylation sites (tertiary alicyclic amines) is 1. The van der Waals surface area contributed by atoms with Crippen molar-refractivity contribution < 1.29 is 41.4 Å². The molecule has 0 aromatic heterocycles. The third kappa shape index (κ3) is 7.00. The van der Waals surface area contributed by atoms with Crippen molar-refractivity contribution >= 4 is 29.6 Å². The summed E-state index contributed by atoms with van der Waals surface area (Å²) in [4.78, 5) is 43.3. The molecule has 5 aromatic rings. The number of likely N-dealkylation sites (N-methyl/N-ethyl adjacent to an activating group) is 1. The summed E-state index contributed by atoms with van der Waals surface area (Å²) in [6.07, 6.45) is -1.98. The van der Waals surface area contributed by atoms with Crippen LogP contribution in [0.2, 0.25) is 5.02 Å². The Hall–Kier alpha value is -5.68. The zero-order valence-electron chi connectivity index (χ0n) is 30.4. The quantitative estimate of drug-likeness (QED) is 0.0803. The summed E-state index contributed by atoms with van der Waals surface area (Å²) < 4.78 is 70.0. The number of halogens is 5. The maximum absolute atomic E-state index is 14.5. The lowest BCUT2D eigenvalue weighted by atomic mass is 9.79. The van der Waals surface area contributed by atoms with Gasteiger partial charge in [-0.2, -0.15) is 17.6 Å². The summed E-state index contributed by atoms with van der Waals surface area (Å²) in [5.74, 6) is -11.8. The number of rotatable bonds is 10. The zero-order valence-corrected chi connectivity index (χ0v) is 31.2. The van der Waals surface area contributed by atoms with Crippen LogP contribution >= 0.6 is 11.6 Å². The lowest BCUT2D eigenvalue weighted by molar-refractivity contribution is -0.172. The van der Waals surface area contributed by atoms with Gasteiger partial charge in [-0.3, -0.25) is 14.5 Å². The van der Waals surface area contributed by atoms with Crippen molar-refractivity contribution in [2.24, 2.45) is 0 Å². The van der Waals surface area contributed by atoms with Crippen LogP contribution in [0.25, 0.3) is 11.1 Å². The van der Waals surface area contributed by atoms with Crippen molar-refractivity contribution in [2.45, 2.75) is 42.8 Å². The Kier molecular flexibility index (Phi) is 10.4. The molecule has 1 heterocycles. The molecule has 0 saturated carbocycles. The largest absolute Gasteiger partial charge is 0.448 e. The number of ether oxygens (including phenoxy) is 2. The molecule has 56 heavy (non-hydrogen) atoms. The van der Waals surface area contributed by atoms with Crippen LogP contribution in [0, 0.1) is 6.92 Å². The fourth-order valence-electron chi connectivity index (χ4n) is 7.57. The van der Waals surface area contributed by atoms with E-state index in [1.165, 1.54) is 0 Å². The highest BCUT2D eigenvalue weighted by molar-refractivity contribution is 6.31. The fourth-order valence-corrected chi connectivity index (χ4v) is 7.84. The van der Waals surface area contributed by atoms with Gasteiger partial charge in [0.05, 0.1) is 19.5 Å². The van der Waals surface area contributed by atoms with E-state index in [0.29, 0.717) is 16.7 Å². The number of benzene rings is 5. The molecule has 1 fully saturated rings. The van der Waals surface area contributed by atoms with Crippen molar-refractivity contribution in [3.63, 3.8) is 0 Å². The van der Waals surface area contributed by atoms with Gasteiger partial charge in [0, 0.05) is 34.7 Å². The molecule has 7 nitrogen and oxygen atoms in total. The normalized spacial score (nSPS) is 16.9. The number of esters is 1. The Morgan fingerprint density at radius 2 is 1.29 bits per heavy atom. The van der Waals surface area contributed by atoms with E-state index in [0.717, 1.165) is 39.8 Å². The van der Waals surface area contributed by atoms with Crippen molar-refractivity contribution in [1.29, 1.82) is 0 Å². The Morgan fingerprint density at radius 1 is 0.768 bits per heavy atom. The second kappa shape index (κ2) is 15.1. The topological polar surface area (TPSA) is 76.2 Å². The van der Waals surface area contributed by atoms with E-state index in [2.05, 4.69) is 0 Å².